The van der Waals surface area contributed by atoms with Crippen molar-refractivity contribution in [2.24, 2.45) is 11.5 Å². The van der Waals surface area contributed by atoms with Crippen molar-refractivity contribution in [2.75, 3.05) is 39.9 Å². The number of carbonyl (C=O) groups excluding carboxylic acids is 1. The van der Waals surface area contributed by atoms with Crippen LogP contribution < -0.4 is 27.4 Å². The minimum Gasteiger partial charge on any atom is -0.395 e. The maximum absolute atomic E-state index is 12.7. The molecule has 3 fully saturated rings. The van der Waals surface area contributed by atoms with E-state index in [0.717, 1.165) is 0 Å². The fourth-order valence-corrected chi connectivity index (χ4v) is 5.70. The molecule has 2 aliphatic heterocycles. The second-order valence-electron chi connectivity index (χ2n) is 11.5. The highest BCUT2D eigenvalue weighted by molar-refractivity contribution is 5.80. The molecule has 0 aromatic heterocycles. The molecule has 3 rings (SSSR count). The van der Waals surface area contributed by atoms with Crippen molar-refractivity contribution in [1.29, 1.82) is 0 Å². The van der Waals surface area contributed by atoms with Gasteiger partial charge in [-0.15, -0.1) is 0 Å². The van der Waals surface area contributed by atoms with Crippen LogP contribution in [0.1, 0.15) is 19.8 Å². The lowest BCUT2D eigenvalue weighted by atomic mass is 9.83. The molecule has 0 bridgehead atoms. The maximum atomic E-state index is 12.7. The van der Waals surface area contributed by atoms with Gasteiger partial charge in [-0.3, -0.25) is 4.79 Å². The summed E-state index contributed by atoms with van der Waals surface area (Å²) < 4.78 is 23.1. The van der Waals surface area contributed by atoms with E-state index in [1.807, 2.05) is 0 Å². The molecule has 0 spiro atoms. The highest BCUT2D eigenvalue weighted by Crippen LogP contribution is 2.32. The van der Waals surface area contributed by atoms with Crippen molar-refractivity contribution >= 4 is 5.91 Å². The lowest BCUT2D eigenvalue weighted by Gasteiger charge is -2.49. The number of aliphatic hydroxyl groups is 8. The number of aliphatic hydroxyl groups excluding tert-OH is 7. The number of hydrogen-bond donors (Lipinski definition) is 13. The standard InChI is InChI=1S/C25H49N5O13/c1-25(39)9-40-23(18(37)21(25)28-2)43-20-11(30-22(38)12(32)3-4-26)7-10(27)19(17(20)36)42-24-16(35)15(34)14(33)13(41-24)8-29-5-6-31/h10-21,23-24,28-29,31-37,39H,3-9,26-27H2,1-2H3,(H,30,38)/t10-,11+,12-,13+,14+,15-,16+,17-,18+,19?,20-,21+,23+,24+,25-/m0/s1. The molecular weight excluding hydrogens is 578 g/mol. The molecule has 2 saturated heterocycles. The van der Waals surface area contributed by atoms with Crippen molar-refractivity contribution in [2.45, 2.75) is 111 Å². The molecule has 252 valence electrons. The van der Waals surface area contributed by atoms with Gasteiger partial charge in [0.15, 0.2) is 12.6 Å². The van der Waals surface area contributed by atoms with Gasteiger partial charge in [0.2, 0.25) is 5.91 Å². The number of rotatable bonds is 13. The van der Waals surface area contributed by atoms with E-state index in [9.17, 15) is 40.5 Å². The van der Waals surface area contributed by atoms with Gasteiger partial charge >= 0.3 is 0 Å². The van der Waals surface area contributed by atoms with Crippen molar-refractivity contribution in [3.05, 3.63) is 0 Å². The number of ether oxygens (including phenoxy) is 4. The van der Waals surface area contributed by atoms with E-state index in [1.54, 1.807) is 0 Å². The molecule has 1 aliphatic carbocycles. The second-order valence-corrected chi connectivity index (χ2v) is 11.5. The zero-order chi connectivity index (χ0) is 32.1. The summed E-state index contributed by atoms with van der Waals surface area (Å²) in [6, 6.07) is -2.94. The molecular formula is C25H49N5O13. The Morgan fingerprint density at radius 3 is 2.35 bits per heavy atom. The van der Waals surface area contributed by atoms with Crippen LogP contribution in [0.4, 0.5) is 0 Å². The molecule has 0 aromatic carbocycles. The Hall–Kier alpha value is -1.17. The van der Waals surface area contributed by atoms with Gasteiger partial charge in [0.1, 0.15) is 60.5 Å². The average molecular weight is 628 g/mol. The Morgan fingerprint density at radius 2 is 1.72 bits per heavy atom. The molecule has 15 N–H and O–H groups in total. The smallest absolute Gasteiger partial charge is 0.249 e. The van der Waals surface area contributed by atoms with Gasteiger partial charge in [0.05, 0.1) is 25.3 Å². The summed E-state index contributed by atoms with van der Waals surface area (Å²) in [4.78, 5) is 12.7. The fraction of sp³-hybridized carbons (Fsp3) is 0.960. The summed E-state index contributed by atoms with van der Waals surface area (Å²) in [6.45, 7) is 1.22. The van der Waals surface area contributed by atoms with Crippen LogP contribution in [0.5, 0.6) is 0 Å². The largest absolute Gasteiger partial charge is 0.395 e. The Morgan fingerprint density at radius 1 is 1.05 bits per heavy atom. The first-order valence-corrected chi connectivity index (χ1v) is 14.4. The molecule has 1 saturated carbocycles. The van der Waals surface area contributed by atoms with E-state index < -0.39 is 97.1 Å². The Kier molecular flexibility index (Phi) is 13.4. The summed E-state index contributed by atoms with van der Waals surface area (Å²) in [6.07, 6.45) is -16.3. The van der Waals surface area contributed by atoms with Gasteiger partial charge in [-0.1, -0.05) is 0 Å². The first-order chi connectivity index (χ1) is 20.3. The zero-order valence-corrected chi connectivity index (χ0v) is 24.3. The Balaban J connectivity index is 1.83. The third kappa shape index (κ3) is 8.55. The topological polar surface area (TPSA) is 304 Å². The fourth-order valence-electron chi connectivity index (χ4n) is 5.70. The quantitative estimate of drug-likeness (QED) is 0.0843. The molecule has 0 aromatic rings. The number of nitrogens with one attached hydrogen (secondary N) is 3. The molecule has 1 amide bonds. The predicted octanol–water partition coefficient (Wildman–Crippen LogP) is -7.51. The minimum atomic E-state index is -1.74. The second kappa shape index (κ2) is 15.9. The molecule has 18 heteroatoms. The van der Waals surface area contributed by atoms with E-state index in [2.05, 4.69) is 16.0 Å². The Labute approximate surface area is 249 Å². The third-order valence-corrected chi connectivity index (χ3v) is 8.11. The van der Waals surface area contributed by atoms with Crippen molar-refractivity contribution in [3.8, 4) is 0 Å². The van der Waals surface area contributed by atoms with Crippen molar-refractivity contribution in [3.63, 3.8) is 0 Å². The van der Waals surface area contributed by atoms with Crippen LogP contribution >= 0.6 is 0 Å². The lowest BCUT2D eigenvalue weighted by molar-refractivity contribution is -0.330. The van der Waals surface area contributed by atoms with Gasteiger partial charge in [-0.05, 0) is 33.4 Å². The molecule has 43 heavy (non-hydrogen) atoms. The summed E-state index contributed by atoms with van der Waals surface area (Å²) in [5, 5.41) is 91.7. The SMILES string of the molecule is CN[C@@H]1[C@@H](O)[C@@H](O[C@H]2[C@H](NC(=O)[C@@H](O)CCN)C[C@H](N)C(O[C@H]3O[C@H](CNCCO)[C@@H](O)[C@H](O)[C@H]3O)[C@@H]2O)OC[C@]1(C)O. The van der Waals surface area contributed by atoms with Crippen molar-refractivity contribution < 1.29 is 64.6 Å². The normalized spacial score (nSPS) is 44.6. The van der Waals surface area contributed by atoms with E-state index in [0.29, 0.717) is 0 Å². The predicted molar refractivity (Wildman–Crippen MR) is 146 cm³/mol. The van der Waals surface area contributed by atoms with Gasteiger partial charge in [-0.25, -0.2) is 0 Å². The third-order valence-electron chi connectivity index (χ3n) is 8.11. The van der Waals surface area contributed by atoms with Gasteiger partial charge in [0.25, 0.3) is 0 Å². The number of hydrogen-bond acceptors (Lipinski definition) is 17. The minimum absolute atomic E-state index is 0.0110. The van der Waals surface area contributed by atoms with Crippen molar-refractivity contribution in [1.82, 2.24) is 16.0 Å². The van der Waals surface area contributed by atoms with Gasteiger partial charge in [-0.2, -0.15) is 0 Å². The zero-order valence-electron chi connectivity index (χ0n) is 24.3. The molecule has 0 radical (unpaired) electrons. The lowest BCUT2D eigenvalue weighted by Crippen LogP contribution is -2.70. The van der Waals surface area contributed by atoms with Gasteiger partial charge < -0.3 is 87.2 Å². The molecule has 1 unspecified atom stereocenters. The van der Waals surface area contributed by atoms with Crippen LogP contribution in [0.25, 0.3) is 0 Å². The van der Waals surface area contributed by atoms with Crippen LogP contribution in [-0.4, -0.2) is 178 Å². The number of likely N-dealkylation sites (N-methyl/N-ethyl adjacent to an activating group) is 1. The van der Waals surface area contributed by atoms with Crippen LogP contribution in [-0.2, 0) is 23.7 Å². The molecule has 3 aliphatic rings. The van der Waals surface area contributed by atoms with E-state index in [1.165, 1.54) is 14.0 Å². The first-order valence-electron chi connectivity index (χ1n) is 14.4. The van der Waals surface area contributed by atoms with E-state index in [4.69, 9.17) is 35.5 Å². The number of carbonyl (C=O) groups is 1. The van der Waals surface area contributed by atoms with Crippen LogP contribution in [0.2, 0.25) is 0 Å². The van der Waals surface area contributed by atoms with Crippen LogP contribution in [0.15, 0.2) is 0 Å². The van der Waals surface area contributed by atoms with E-state index >= 15 is 0 Å². The summed E-state index contributed by atoms with van der Waals surface area (Å²) in [5.41, 5.74) is 10.3. The monoisotopic (exact) mass is 627 g/mol. The average Bonchev–Trinajstić information content (AvgIpc) is 2.95. The summed E-state index contributed by atoms with van der Waals surface area (Å²) in [5.74, 6) is -0.801. The first kappa shape index (κ1) is 36.3. The molecule has 15 atom stereocenters. The Bertz CT molecular complexity index is 877. The molecule has 2 heterocycles. The highest BCUT2D eigenvalue weighted by atomic mass is 16.7. The number of nitrogens with two attached hydrogens (primary N) is 2. The van der Waals surface area contributed by atoms with Crippen LogP contribution in [0.3, 0.4) is 0 Å². The molecule has 18 nitrogen and oxygen atoms in total. The summed E-state index contributed by atoms with van der Waals surface area (Å²) >= 11 is 0. The van der Waals surface area contributed by atoms with Gasteiger partial charge in [0, 0.05) is 19.1 Å². The summed E-state index contributed by atoms with van der Waals surface area (Å²) in [7, 11) is 1.53. The maximum Gasteiger partial charge on any atom is 0.249 e. The highest BCUT2D eigenvalue weighted by Gasteiger charge is 2.53. The van der Waals surface area contributed by atoms with E-state index in [-0.39, 0.29) is 45.7 Å². The van der Waals surface area contributed by atoms with Crippen LogP contribution in [0, 0.1) is 0 Å². The number of amides is 1.